The van der Waals surface area contributed by atoms with Gasteiger partial charge in [-0.15, -0.1) is 0 Å². The quantitative estimate of drug-likeness (QED) is 0.776. The minimum atomic E-state index is 0.655. The van der Waals surface area contributed by atoms with Crippen LogP contribution in [0.15, 0.2) is 24.3 Å². The van der Waals surface area contributed by atoms with Gasteiger partial charge in [0.05, 0.1) is 5.52 Å². The van der Waals surface area contributed by atoms with E-state index in [0.717, 1.165) is 13.1 Å². The van der Waals surface area contributed by atoms with Gasteiger partial charge >= 0.3 is 0 Å². The lowest BCUT2D eigenvalue weighted by molar-refractivity contribution is 0.385. The van der Waals surface area contributed by atoms with Gasteiger partial charge in [0.15, 0.2) is 0 Å². The summed E-state index contributed by atoms with van der Waals surface area (Å²) in [6, 6.07) is 8.89. The zero-order valence-electron chi connectivity index (χ0n) is 9.74. The first-order valence-corrected chi connectivity index (χ1v) is 6.07. The van der Waals surface area contributed by atoms with E-state index in [1.54, 1.807) is 0 Å². The highest BCUT2D eigenvalue weighted by molar-refractivity contribution is 5.84. The summed E-state index contributed by atoms with van der Waals surface area (Å²) in [6.07, 6.45) is 2.42. The molecule has 1 aliphatic heterocycles. The summed E-state index contributed by atoms with van der Waals surface area (Å²) in [6.45, 7) is 4.10. The van der Waals surface area contributed by atoms with E-state index in [4.69, 9.17) is 5.73 Å². The van der Waals surface area contributed by atoms with Crippen molar-refractivity contribution in [3.63, 3.8) is 0 Å². The first-order valence-electron chi connectivity index (χ1n) is 6.07. The molecule has 2 aromatic rings. The third-order valence-electron chi connectivity index (χ3n) is 3.79. The lowest BCUT2D eigenvalue weighted by Gasteiger charge is -2.24. The van der Waals surface area contributed by atoms with Crippen LogP contribution in [-0.2, 0) is 13.0 Å². The molecule has 2 nitrogen and oxygen atoms in total. The molecule has 2 N–H and O–H groups in total. The van der Waals surface area contributed by atoms with Gasteiger partial charge in [-0.2, -0.15) is 0 Å². The van der Waals surface area contributed by atoms with Crippen LogP contribution in [0.3, 0.4) is 0 Å². The number of aryl methyl sites for hydroxylation is 2. The average Bonchev–Trinajstić information content (AvgIpc) is 2.67. The van der Waals surface area contributed by atoms with Gasteiger partial charge in [0.1, 0.15) is 0 Å². The summed E-state index contributed by atoms with van der Waals surface area (Å²) in [5.74, 6) is 0.655. The van der Waals surface area contributed by atoms with Crippen LogP contribution in [0.4, 0.5) is 0 Å². The van der Waals surface area contributed by atoms with Crippen molar-refractivity contribution in [2.24, 2.45) is 11.7 Å². The monoisotopic (exact) mass is 214 g/mol. The van der Waals surface area contributed by atoms with Crippen molar-refractivity contribution < 1.29 is 0 Å². The van der Waals surface area contributed by atoms with Crippen LogP contribution < -0.4 is 5.73 Å². The predicted molar refractivity (Wildman–Crippen MR) is 67.5 cm³/mol. The van der Waals surface area contributed by atoms with E-state index in [0.29, 0.717) is 5.92 Å². The molecule has 0 amide bonds. The van der Waals surface area contributed by atoms with E-state index in [1.165, 1.54) is 35.0 Å². The Hall–Kier alpha value is -1.28. The lowest BCUT2D eigenvalue weighted by atomic mass is 9.98. The zero-order valence-corrected chi connectivity index (χ0v) is 9.74. The standard InChI is InChI=1S/C14H18N2/c1-10-3-2-4-12-7-13-6-5-11(8-15)9-16(13)14(10)12/h2-4,7,11H,5-6,8-9,15H2,1H3. The summed E-state index contributed by atoms with van der Waals surface area (Å²) in [4.78, 5) is 0. The number of para-hydroxylation sites is 1. The van der Waals surface area contributed by atoms with Crippen molar-refractivity contribution in [2.75, 3.05) is 6.54 Å². The van der Waals surface area contributed by atoms with Gasteiger partial charge in [0.25, 0.3) is 0 Å². The van der Waals surface area contributed by atoms with Gasteiger partial charge in [0.2, 0.25) is 0 Å². The van der Waals surface area contributed by atoms with E-state index in [2.05, 4.69) is 35.8 Å². The molecule has 3 rings (SSSR count). The number of benzene rings is 1. The SMILES string of the molecule is Cc1cccc2cc3n(c12)CC(CN)CC3. The Morgan fingerprint density at radius 1 is 1.44 bits per heavy atom. The summed E-state index contributed by atoms with van der Waals surface area (Å²) in [5, 5.41) is 1.38. The van der Waals surface area contributed by atoms with Crippen molar-refractivity contribution in [2.45, 2.75) is 26.3 Å². The lowest BCUT2D eigenvalue weighted by Crippen LogP contribution is -2.26. The number of hydrogen-bond acceptors (Lipinski definition) is 1. The van der Waals surface area contributed by atoms with Gasteiger partial charge < -0.3 is 10.3 Å². The second-order valence-corrected chi connectivity index (χ2v) is 4.90. The van der Waals surface area contributed by atoms with Crippen LogP contribution in [-0.4, -0.2) is 11.1 Å². The highest BCUT2D eigenvalue weighted by Crippen LogP contribution is 2.29. The molecule has 2 heteroatoms. The van der Waals surface area contributed by atoms with Crippen LogP contribution in [0.2, 0.25) is 0 Å². The molecule has 0 bridgehead atoms. The maximum Gasteiger partial charge on any atom is 0.0512 e. The molecule has 0 saturated heterocycles. The maximum absolute atomic E-state index is 5.80. The predicted octanol–water partition coefficient (Wildman–Crippen LogP) is 2.47. The molecule has 1 atom stereocenters. The maximum atomic E-state index is 5.80. The highest BCUT2D eigenvalue weighted by Gasteiger charge is 2.19. The number of fused-ring (bicyclic) bond motifs is 3. The number of hydrogen-bond donors (Lipinski definition) is 1. The summed E-state index contributed by atoms with van der Waals surface area (Å²) >= 11 is 0. The van der Waals surface area contributed by atoms with Crippen LogP contribution >= 0.6 is 0 Å². The molecule has 0 fully saturated rings. The molecule has 1 aliphatic rings. The average molecular weight is 214 g/mol. The molecule has 1 aromatic carbocycles. The fraction of sp³-hybridized carbons (Fsp3) is 0.429. The number of nitrogens with two attached hydrogens (primary N) is 1. The zero-order chi connectivity index (χ0) is 11.1. The van der Waals surface area contributed by atoms with Gasteiger partial charge in [-0.1, -0.05) is 18.2 Å². The fourth-order valence-corrected chi connectivity index (χ4v) is 2.88. The topological polar surface area (TPSA) is 30.9 Å². The van der Waals surface area contributed by atoms with Crippen LogP contribution in [0.5, 0.6) is 0 Å². The third kappa shape index (κ3) is 1.37. The van der Waals surface area contributed by atoms with Crippen molar-refractivity contribution in [1.29, 1.82) is 0 Å². The van der Waals surface area contributed by atoms with Crippen LogP contribution in [0, 0.1) is 12.8 Å². The van der Waals surface area contributed by atoms with Gasteiger partial charge in [-0.05, 0) is 43.9 Å². The van der Waals surface area contributed by atoms with Crippen LogP contribution in [0.1, 0.15) is 17.7 Å². The second kappa shape index (κ2) is 3.63. The molecule has 2 heterocycles. The minimum absolute atomic E-state index is 0.655. The Bertz CT molecular complexity index is 525. The Morgan fingerprint density at radius 2 is 2.31 bits per heavy atom. The highest BCUT2D eigenvalue weighted by atomic mass is 15.0. The molecular weight excluding hydrogens is 196 g/mol. The van der Waals surface area contributed by atoms with E-state index < -0.39 is 0 Å². The van der Waals surface area contributed by atoms with Crippen molar-refractivity contribution in [3.8, 4) is 0 Å². The second-order valence-electron chi connectivity index (χ2n) is 4.90. The largest absolute Gasteiger partial charge is 0.344 e. The molecule has 1 unspecified atom stereocenters. The Morgan fingerprint density at radius 3 is 3.12 bits per heavy atom. The number of nitrogens with zero attached hydrogens (tertiary/aromatic N) is 1. The van der Waals surface area contributed by atoms with Gasteiger partial charge in [-0.25, -0.2) is 0 Å². The van der Waals surface area contributed by atoms with Crippen LogP contribution in [0.25, 0.3) is 10.9 Å². The first kappa shape index (κ1) is 9.91. The number of rotatable bonds is 1. The van der Waals surface area contributed by atoms with Crippen molar-refractivity contribution in [1.82, 2.24) is 4.57 Å². The summed E-state index contributed by atoms with van der Waals surface area (Å²) in [7, 11) is 0. The molecule has 1 aromatic heterocycles. The Labute approximate surface area is 96.1 Å². The Balaban J connectivity index is 2.19. The van der Waals surface area contributed by atoms with E-state index in [1.807, 2.05) is 0 Å². The summed E-state index contributed by atoms with van der Waals surface area (Å²) in [5.41, 5.74) is 10.1. The molecule has 0 saturated carbocycles. The van der Waals surface area contributed by atoms with Crippen molar-refractivity contribution in [3.05, 3.63) is 35.5 Å². The first-order chi connectivity index (χ1) is 7.79. The third-order valence-corrected chi connectivity index (χ3v) is 3.79. The normalized spacial score (nSPS) is 20.0. The smallest absolute Gasteiger partial charge is 0.0512 e. The molecule has 16 heavy (non-hydrogen) atoms. The van der Waals surface area contributed by atoms with Gasteiger partial charge in [-0.3, -0.25) is 0 Å². The van der Waals surface area contributed by atoms with Gasteiger partial charge in [0, 0.05) is 17.6 Å². The molecule has 84 valence electrons. The van der Waals surface area contributed by atoms with Crippen molar-refractivity contribution >= 4 is 10.9 Å². The van der Waals surface area contributed by atoms with E-state index in [-0.39, 0.29) is 0 Å². The fourth-order valence-electron chi connectivity index (χ4n) is 2.88. The molecular formula is C14H18N2. The minimum Gasteiger partial charge on any atom is -0.344 e. The molecule has 0 aliphatic carbocycles. The summed E-state index contributed by atoms with van der Waals surface area (Å²) < 4.78 is 2.48. The van der Waals surface area contributed by atoms with E-state index >= 15 is 0 Å². The molecule has 0 radical (unpaired) electrons. The van der Waals surface area contributed by atoms with E-state index in [9.17, 15) is 0 Å². The molecule has 0 spiro atoms. The number of aromatic nitrogens is 1. The Kier molecular flexibility index (Phi) is 2.25.